The van der Waals surface area contributed by atoms with Crippen LogP contribution in [0.5, 0.6) is 0 Å². The molecule has 3 aromatic rings. The lowest BCUT2D eigenvalue weighted by molar-refractivity contribution is 0.446. The number of nitrogens with zero attached hydrogens (tertiary/aromatic N) is 2. The highest BCUT2D eigenvalue weighted by atomic mass is 32.2. The number of rotatable bonds is 5. The van der Waals surface area contributed by atoms with Crippen LogP contribution in [0, 0.1) is 5.82 Å². The summed E-state index contributed by atoms with van der Waals surface area (Å²) in [5.41, 5.74) is 2.08. The van der Waals surface area contributed by atoms with Crippen LogP contribution in [-0.4, -0.2) is 10.2 Å². The topological polar surface area (TPSA) is 38.9 Å². The molecule has 0 saturated heterocycles. The van der Waals surface area contributed by atoms with Crippen molar-refractivity contribution in [2.45, 2.75) is 11.0 Å². The fraction of sp³-hybridized carbons (Fsp3) is 0.0588. The molecule has 0 radical (unpaired) electrons. The first-order valence-electron chi connectivity index (χ1n) is 6.73. The van der Waals surface area contributed by atoms with Crippen LogP contribution in [0.15, 0.2) is 64.2 Å². The van der Waals surface area contributed by atoms with E-state index >= 15 is 0 Å². The minimum Gasteiger partial charge on any atom is -0.412 e. The van der Waals surface area contributed by atoms with Gasteiger partial charge in [0.15, 0.2) is 0 Å². The lowest BCUT2D eigenvalue weighted by atomic mass is 10.2. The van der Waals surface area contributed by atoms with Gasteiger partial charge < -0.3 is 4.42 Å². The zero-order valence-electron chi connectivity index (χ0n) is 11.6. The van der Waals surface area contributed by atoms with Gasteiger partial charge in [0.25, 0.3) is 5.22 Å². The molecule has 1 aromatic heterocycles. The Morgan fingerprint density at radius 2 is 1.73 bits per heavy atom. The third-order valence-corrected chi connectivity index (χ3v) is 3.81. The van der Waals surface area contributed by atoms with Crippen LogP contribution < -0.4 is 0 Å². The van der Waals surface area contributed by atoms with E-state index in [1.54, 1.807) is 24.3 Å². The first kappa shape index (κ1) is 14.5. The van der Waals surface area contributed by atoms with E-state index in [9.17, 15) is 4.39 Å². The Labute approximate surface area is 131 Å². The monoisotopic (exact) mass is 312 g/mol. The Hall–Kier alpha value is -2.40. The van der Waals surface area contributed by atoms with Crippen molar-refractivity contribution in [3.05, 3.63) is 77.4 Å². The Bertz CT molecular complexity index is 754. The maximum absolute atomic E-state index is 12.8. The molecule has 3 nitrogen and oxygen atoms in total. The minimum absolute atomic E-state index is 0.255. The van der Waals surface area contributed by atoms with E-state index < -0.39 is 0 Å². The number of benzene rings is 2. The van der Waals surface area contributed by atoms with E-state index in [-0.39, 0.29) is 5.82 Å². The van der Waals surface area contributed by atoms with Gasteiger partial charge in [-0.3, -0.25) is 0 Å². The van der Waals surface area contributed by atoms with Gasteiger partial charge in [-0.15, -0.1) is 10.2 Å². The predicted octanol–water partition coefficient (Wildman–Crippen LogP) is 4.67. The molecular weight excluding hydrogens is 299 g/mol. The fourth-order valence-electron chi connectivity index (χ4n) is 1.81. The van der Waals surface area contributed by atoms with Crippen molar-refractivity contribution in [2.24, 2.45) is 0 Å². The first-order chi connectivity index (χ1) is 10.8. The SMILES string of the molecule is Fc1ccc(C=Cc2nnc(SCc3ccccc3)o2)cc1. The smallest absolute Gasteiger partial charge is 0.277 e. The van der Waals surface area contributed by atoms with Gasteiger partial charge in [-0.25, -0.2) is 4.39 Å². The Morgan fingerprint density at radius 3 is 2.50 bits per heavy atom. The average Bonchev–Trinajstić information content (AvgIpc) is 3.01. The summed E-state index contributed by atoms with van der Waals surface area (Å²) in [6.45, 7) is 0. The maximum Gasteiger partial charge on any atom is 0.277 e. The van der Waals surface area contributed by atoms with E-state index in [1.165, 1.54) is 29.5 Å². The van der Waals surface area contributed by atoms with Gasteiger partial charge in [-0.1, -0.05) is 54.2 Å². The molecule has 3 rings (SSSR count). The molecule has 0 aliphatic carbocycles. The normalized spacial score (nSPS) is 11.1. The molecular formula is C17H13FN2OS. The summed E-state index contributed by atoms with van der Waals surface area (Å²) in [7, 11) is 0. The van der Waals surface area contributed by atoms with Crippen molar-refractivity contribution >= 4 is 23.9 Å². The van der Waals surface area contributed by atoms with Gasteiger partial charge in [0.1, 0.15) is 5.82 Å². The summed E-state index contributed by atoms with van der Waals surface area (Å²) >= 11 is 1.49. The van der Waals surface area contributed by atoms with E-state index in [2.05, 4.69) is 22.3 Å². The molecule has 0 fully saturated rings. The van der Waals surface area contributed by atoms with Crippen LogP contribution in [-0.2, 0) is 5.75 Å². The highest BCUT2D eigenvalue weighted by molar-refractivity contribution is 7.98. The Balaban J connectivity index is 1.60. The molecule has 0 saturated carbocycles. The third kappa shape index (κ3) is 4.05. The molecule has 0 aliphatic rings. The van der Waals surface area contributed by atoms with Crippen molar-refractivity contribution in [3.63, 3.8) is 0 Å². The van der Waals surface area contributed by atoms with Crippen LogP contribution >= 0.6 is 11.8 Å². The van der Waals surface area contributed by atoms with Gasteiger partial charge in [-0.2, -0.15) is 0 Å². The molecule has 0 aliphatic heterocycles. The van der Waals surface area contributed by atoms with Crippen LogP contribution in [0.4, 0.5) is 4.39 Å². The molecule has 0 spiro atoms. The zero-order valence-corrected chi connectivity index (χ0v) is 12.5. The third-order valence-electron chi connectivity index (χ3n) is 2.92. The lowest BCUT2D eigenvalue weighted by Gasteiger charge is -1.96. The Morgan fingerprint density at radius 1 is 0.955 bits per heavy atom. The second kappa shape index (κ2) is 7.04. The molecule has 5 heteroatoms. The second-order valence-corrected chi connectivity index (χ2v) is 5.49. The molecule has 0 atom stereocenters. The van der Waals surface area contributed by atoms with Crippen LogP contribution in [0.25, 0.3) is 12.2 Å². The van der Waals surface area contributed by atoms with E-state index in [0.717, 1.165) is 11.3 Å². The predicted molar refractivity (Wildman–Crippen MR) is 85.6 cm³/mol. The summed E-state index contributed by atoms with van der Waals surface area (Å²) in [6.07, 6.45) is 3.52. The van der Waals surface area contributed by atoms with E-state index in [1.807, 2.05) is 18.2 Å². The van der Waals surface area contributed by atoms with Crippen LogP contribution in [0.2, 0.25) is 0 Å². The maximum atomic E-state index is 12.8. The van der Waals surface area contributed by atoms with Crippen molar-refractivity contribution in [1.29, 1.82) is 0 Å². The zero-order chi connectivity index (χ0) is 15.2. The molecule has 0 amide bonds. The van der Waals surface area contributed by atoms with Crippen molar-refractivity contribution in [3.8, 4) is 0 Å². The number of halogens is 1. The standard InChI is InChI=1S/C17H13FN2OS/c18-15-9-6-13(7-10-15)8-11-16-19-20-17(21-16)22-12-14-4-2-1-3-5-14/h1-11H,12H2. The molecule has 1 heterocycles. The summed E-state index contributed by atoms with van der Waals surface area (Å²) in [5.74, 6) is 0.957. The quantitative estimate of drug-likeness (QED) is 0.642. The van der Waals surface area contributed by atoms with Gasteiger partial charge in [0.05, 0.1) is 0 Å². The molecule has 110 valence electrons. The summed E-state index contributed by atoms with van der Waals surface area (Å²) in [4.78, 5) is 0. The van der Waals surface area contributed by atoms with Gasteiger partial charge in [0.2, 0.25) is 5.89 Å². The van der Waals surface area contributed by atoms with Crippen LogP contribution in [0.1, 0.15) is 17.0 Å². The first-order valence-corrected chi connectivity index (χ1v) is 7.72. The van der Waals surface area contributed by atoms with Gasteiger partial charge in [-0.05, 0) is 29.3 Å². The molecule has 2 aromatic carbocycles. The summed E-state index contributed by atoms with van der Waals surface area (Å²) < 4.78 is 18.3. The van der Waals surface area contributed by atoms with E-state index in [4.69, 9.17) is 4.42 Å². The van der Waals surface area contributed by atoms with Crippen LogP contribution in [0.3, 0.4) is 0 Å². The molecule has 22 heavy (non-hydrogen) atoms. The number of hydrogen-bond acceptors (Lipinski definition) is 4. The molecule has 0 N–H and O–H groups in total. The summed E-state index contributed by atoms with van der Waals surface area (Å²) in [6, 6.07) is 16.3. The largest absolute Gasteiger partial charge is 0.412 e. The fourth-order valence-corrected chi connectivity index (χ4v) is 2.53. The average molecular weight is 312 g/mol. The molecule has 0 unspecified atom stereocenters. The Kier molecular flexibility index (Phi) is 4.65. The second-order valence-electron chi connectivity index (χ2n) is 4.57. The van der Waals surface area contributed by atoms with Gasteiger partial charge >= 0.3 is 0 Å². The number of aromatic nitrogens is 2. The molecule has 0 bridgehead atoms. The van der Waals surface area contributed by atoms with Crippen molar-refractivity contribution < 1.29 is 8.81 Å². The number of hydrogen-bond donors (Lipinski definition) is 0. The number of thioether (sulfide) groups is 1. The minimum atomic E-state index is -0.255. The highest BCUT2D eigenvalue weighted by Crippen LogP contribution is 2.21. The lowest BCUT2D eigenvalue weighted by Crippen LogP contribution is -1.79. The van der Waals surface area contributed by atoms with Gasteiger partial charge in [0, 0.05) is 11.8 Å². The summed E-state index contributed by atoms with van der Waals surface area (Å²) in [5, 5.41) is 8.49. The van der Waals surface area contributed by atoms with E-state index in [0.29, 0.717) is 11.1 Å². The van der Waals surface area contributed by atoms with Crippen molar-refractivity contribution in [2.75, 3.05) is 0 Å². The van der Waals surface area contributed by atoms with Crippen molar-refractivity contribution in [1.82, 2.24) is 10.2 Å². The highest BCUT2D eigenvalue weighted by Gasteiger charge is 2.04.